The lowest BCUT2D eigenvalue weighted by atomic mass is 10.1. The third-order valence-corrected chi connectivity index (χ3v) is 1.23. The summed E-state index contributed by atoms with van der Waals surface area (Å²) in [6, 6.07) is 0. The third-order valence-electron chi connectivity index (χ3n) is 1.23. The maximum absolute atomic E-state index is 10.6. The van der Waals surface area contributed by atoms with Gasteiger partial charge in [-0.25, -0.2) is 0 Å². The molecule has 0 fully saturated rings. The highest BCUT2D eigenvalue weighted by Crippen LogP contribution is 1.97. The van der Waals surface area contributed by atoms with E-state index in [1.807, 2.05) is 0 Å². The first-order valence-electron chi connectivity index (χ1n) is 2.98. The highest BCUT2D eigenvalue weighted by atomic mass is 16.3. The molecule has 10 heavy (non-hydrogen) atoms. The van der Waals surface area contributed by atoms with E-state index < -0.39 is 17.9 Å². The maximum atomic E-state index is 10.6. The monoisotopic (exact) mass is 145 g/mol. The number of hydrogen-bond acceptors (Lipinski definition) is 3. The van der Waals surface area contributed by atoms with Crippen molar-refractivity contribution in [2.75, 3.05) is 7.05 Å². The van der Waals surface area contributed by atoms with Crippen LogP contribution in [-0.4, -0.2) is 30.5 Å². The van der Waals surface area contributed by atoms with Gasteiger partial charge >= 0.3 is 0 Å². The van der Waals surface area contributed by atoms with Crippen LogP contribution in [0.5, 0.6) is 0 Å². The maximum Gasteiger partial charge on any atom is 0.249 e. The Hall–Kier alpha value is -0.900. The summed E-state index contributed by atoms with van der Waals surface area (Å²) in [5.74, 6) is -1.17. The van der Waals surface area contributed by atoms with Crippen LogP contribution in [0.2, 0.25) is 0 Å². The van der Waals surface area contributed by atoms with Crippen molar-refractivity contribution in [1.82, 2.24) is 5.32 Å². The minimum atomic E-state index is -1.22. The summed E-state index contributed by atoms with van der Waals surface area (Å²) in [4.78, 5) is 20.6. The van der Waals surface area contributed by atoms with Crippen molar-refractivity contribution in [3.8, 4) is 0 Å². The molecule has 0 aromatic heterocycles. The minimum Gasteiger partial charge on any atom is -0.383 e. The van der Waals surface area contributed by atoms with Gasteiger partial charge in [0.05, 0.1) is 0 Å². The molecule has 0 spiro atoms. The Morgan fingerprint density at radius 3 is 2.50 bits per heavy atom. The summed E-state index contributed by atoms with van der Waals surface area (Å²) in [5, 5.41) is 11.2. The summed E-state index contributed by atoms with van der Waals surface area (Å²) in [7, 11) is 1.41. The molecule has 0 heterocycles. The summed E-state index contributed by atoms with van der Waals surface area (Å²) in [6.07, 6.45) is -0.678. The number of aliphatic hydroxyl groups is 1. The van der Waals surface area contributed by atoms with Crippen LogP contribution in [0.15, 0.2) is 0 Å². The standard InChI is InChI=1S/C6H11NO3/c1-4(3-8)5(9)6(10)7-2/h3-5,9H,1-2H3,(H,7,10). The lowest BCUT2D eigenvalue weighted by Crippen LogP contribution is -2.36. The fourth-order valence-corrected chi connectivity index (χ4v) is 0.461. The van der Waals surface area contributed by atoms with Crippen molar-refractivity contribution < 1.29 is 14.7 Å². The predicted octanol–water partition coefficient (Wildman–Crippen LogP) is -1.07. The van der Waals surface area contributed by atoms with Crippen LogP contribution >= 0.6 is 0 Å². The number of hydrogen-bond donors (Lipinski definition) is 2. The highest BCUT2D eigenvalue weighted by molar-refractivity contribution is 5.83. The molecule has 0 saturated carbocycles. The van der Waals surface area contributed by atoms with E-state index in [0.29, 0.717) is 6.29 Å². The van der Waals surface area contributed by atoms with E-state index >= 15 is 0 Å². The molecule has 0 aliphatic rings. The average Bonchev–Trinajstić information content (AvgIpc) is 2.00. The molecule has 0 aromatic carbocycles. The van der Waals surface area contributed by atoms with Crippen molar-refractivity contribution in [3.05, 3.63) is 0 Å². The van der Waals surface area contributed by atoms with Crippen LogP contribution in [0.3, 0.4) is 0 Å². The number of nitrogens with one attached hydrogen (secondary N) is 1. The van der Waals surface area contributed by atoms with Gasteiger partial charge in [-0.15, -0.1) is 0 Å². The zero-order valence-electron chi connectivity index (χ0n) is 6.00. The third kappa shape index (κ3) is 2.14. The summed E-state index contributed by atoms with van der Waals surface area (Å²) < 4.78 is 0. The minimum absolute atomic E-state index is 0.528. The van der Waals surface area contributed by atoms with Crippen molar-refractivity contribution in [1.29, 1.82) is 0 Å². The first-order chi connectivity index (χ1) is 4.63. The van der Waals surface area contributed by atoms with Gasteiger partial charge in [0.1, 0.15) is 12.4 Å². The lowest BCUT2D eigenvalue weighted by Gasteiger charge is -2.10. The van der Waals surface area contributed by atoms with Crippen molar-refractivity contribution >= 4 is 12.2 Å². The second-order valence-electron chi connectivity index (χ2n) is 2.05. The van der Waals surface area contributed by atoms with Gasteiger partial charge < -0.3 is 15.2 Å². The highest BCUT2D eigenvalue weighted by Gasteiger charge is 2.19. The molecule has 0 bridgehead atoms. The predicted molar refractivity (Wildman–Crippen MR) is 35.3 cm³/mol. The van der Waals surface area contributed by atoms with Gasteiger partial charge in [0.25, 0.3) is 0 Å². The topological polar surface area (TPSA) is 66.4 Å². The number of likely N-dealkylation sites (N-methyl/N-ethyl adjacent to an activating group) is 1. The Kier molecular flexibility index (Phi) is 3.64. The van der Waals surface area contributed by atoms with E-state index in [4.69, 9.17) is 5.11 Å². The van der Waals surface area contributed by atoms with Crippen LogP contribution in [0.1, 0.15) is 6.92 Å². The Bertz CT molecular complexity index is 135. The zero-order valence-corrected chi connectivity index (χ0v) is 6.00. The Morgan fingerprint density at radius 1 is 1.70 bits per heavy atom. The van der Waals surface area contributed by atoms with Crippen LogP contribution in [0.25, 0.3) is 0 Å². The SMILES string of the molecule is CNC(=O)C(O)C(C)C=O. The first-order valence-corrected chi connectivity index (χ1v) is 2.98. The number of carbonyl (C=O) groups excluding carboxylic acids is 2. The van der Waals surface area contributed by atoms with Gasteiger partial charge in [-0.1, -0.05) is 6.92 Å². The van der Waals surface area contributed by atoms with E-state index in [0.717, 1.165) is 0 Å². The molecule has 0 saturated heterocycles. The van der Waals surface area contributed by atoms with Crippen molar-refractivity contribution in [3.63, 3.8) is 0 Å². The quantitative estimate of drug-likeness (QED) is 0.497. The molecular formula is C6H11NO3. The van der Waals surface area contributed by atoms with Gasteiger partial charge in [-0.2, -0.15) is 0 Å². The van der Waals surface area contributed by atoms with E-state index in [9.17, 15) is 9.59 Å². The van der Waals surface area contributed by atoms with Crippen LogP contribution in [-0.2, 0) is 9.59 Å². The molecule has 1 amide bonds. The smallest absolute Gasteiger partial charge is 0.249 e. The molecule has 0 aliphatic carbocycles. The fourth-order valence-electron chi connectivity index (χ4n) is 0.461. The average molecular weight is 145 g/mol. The van der Waals surface area contributed by atoms with Gasteiger partial charge in [0, 0.05) is 13.0 Å². The molecule has 0 aliphatic heterocycles. The molecule has 2 unspecified atom stereocenters. The van der Waals surface area contributed by atoms with Crippen LogP contribution in [0.4, 0.5) is 0 Å². The Morgan fingerprint density at radius 2 is 2.20 bits per heavy atom. The molecule has 2 atom stereocenters. The van der Waals surface area contributed by atoms with Gasteiger partial charge in [-0.05, 0) is 0 Å². The number of amides is 1. The van der Waals surface area contributed by atoms with E-state index in [1.54, 1.807) is 0 Å². The molecular weight excluding hydrogens is 134 g/mol. The van der Waals surface area contributed by atoms with Crippen LogP contribution in [0, 0.1) is 5.92 Å². The molecule has 0 rings (SSSR count). The van der Waals surface area contributed by atoms with Gasteiger partial charge in [0.15, 0.2) is 0 Å². The van der Waals surface area contributed by atoms with Gasteiger partial charge in [-0.3, -0.25) is 4.79 Å². The van der Waals surface area contributed by atoms with Crippen molar-refractivity contribution in [2.45, 2.75) is 13.0 Å². The fraction of sp³-hybridized carbons (Fsp3) is 0.667. The summed E-state index contributed by atoms with van der Waals surface area (Å²) >= 11 is 0. The molecule has 4 nitrogen and oxygen atoms in total. The van der Waals surface area contributed by atoms with E-state index in [1.165, 1.54) is 14.0 Å². The Balaban J connectivity index is 3.93. The van der Waals surface area contributed by atoms with E-state index in [-0.39, 0.29) is 0 Å². The summed E-state index contributed by atoms with van der Waals surface area (Å²) in [6.45, 7) is 1.48. The first kappa shape index (κ1) is 9.10. The zero-order chi connectivity index (χ0) is 8.15. The van der Waals surface area contributed by atoms with Gasteiger partial charge in [0.2, 0.25) is 5.91 Å². The number of carbonyl (C=O) groups is 2. The largest absolute Gasteiger partial charge is 0.383 e. The van der Waals surface area contributed by atoms with E-state index in [2.05, 4.69) is 5.32 Å². The van der Waals surface area contributed by atoms with Crippen LogP contribution < -0.4 is 5.32 Å². The molecule has 0 radical (unpaired) electrons. The molecule has 0 aromatic rings. The number of aldehydes is 1. The number of aliphatic hydroxyl groups excluding tert-OH is 1. The number of rotatable bonds is 3. The normalized spacial score (nSPS) is 15.5. The lowest BCUT2D eigenvalue weighted by molar-refractivity contribution is -0.134. The second kappa shape index (κ2) is 4.00. The second-order valence-corrected chi connectivity index (χ2v) is 2.05. The molecule has 2 N–H and O–H groups in total. The molecule has 4 heteroatoms. The van der Waals surface area contributed by atoms with Crippen molar-refractivity contribution in [2.24, 2.45) is 5.92 Å². The summed E-state index contributed by atoms with van der Waals surface area (Å²) in [5.41, 5.74) is 0. The Labute approximate surface area is 59.2 Å². The molecule has 58 valence electrons.